The maximum absolute atomic E-state index is 5.85. The van der Waals surface area contributed by atoms with Crippen LogP contribution in [0.3, 0.4) is 0 Å². The maximum Gasteiger partial charge on any atom is 0.143 e. The van der Waals surface area contributed by atoms with Gasteiger partial charge in [-0.15, -0.1) is 0 Å². The van der Waals surface area contributed by atoms with Crippen LogP contribution in [0.2, 0.25) is 0 Å². The summed E-state index contributed by atoms with van der Waals surface area (Å²) in [5.41, 5.74) is 7.17. The molecule has 2 N–H and O–H groups in total. The van der Waals surface area contributed by atoms with Gasteiger partial charge < -0.3 is 10.6 Å². The third kappa shape index (κ3) is 3.09. The average molecular weight is 327 g/mol. The van der Waals surface area contributed by atoms with Crippen molar-refractivity contribution in [2.75, 3.05) is 37.6 Å². The molecule has 1 aromatic heterocycles. The Morgan fingerprint density at radius 1 is 1.32 bits per heavy atom. The first-order valence-electron chi connectivity index (χ1n) is 6.77. The number of nitrogens with zero attached hydrogens (tertiary/aromatic N) is 3. The van der Waals surface area contributed by atoms with E-state index in [0.29, 0.717) is 6.54 Å². The smallest absolute Gasteiger partial charge is 0.143 e. The highest BCUT2D eigenvalue weighted by Crippen LogP contribution is 2.28. The minimum atomic E-state index is 0.0867. The summed E-state index contributed by atoms with van der Waals surface area (Å²) in [5.74, 6) is 1.06. The van der Waals surface area contributed by atoms with Gasteiger partial charge in [-0.1, -0.05) is 0 Å². The number of nitrogens with two attached hydrogens (primary N) is 1. The van der Waals surface area contributed by atoms with Crippen molar-refractivity contribution in [2.45, 2.75) is 26.3 Å². The fourth-order valence-electron chi connectivity index (χ4n) is 2.40. The van der Waals surface area contributed by atoms with Gasteiger partial charge in [-0.25, -0.2) is 4.98 Å². The fourth-order valence-corrected chi connectivity index (χ4v) is 2.88. The van der Waals surface area contributed by atoms with Crippen molar-refractivity contribution in [3.05, 3.63) is 22.3 Å². The summed E-state index contributed by atoms with van der Waals surface area (Å²) in [6.45, 7) is 11.3. The molecule has 0 saturated carbocycles. The molecule has 2 rings (SSSR count). The van der Waals surface area contributed by atoms with E-state index in [2.05, 4.69) is 51.5 Å². The molecule has 1 fully saturated rings. The van der Waals surface area contributed by atoms with Crippen LogP contribution in [0.4, 0.5) is 5.82 Å². The average Bonchev–Trinajstić information content (AvgIpc) is 2.42. The lowest BCUT2D eigenvalue weighted by Crippen LogP contribution is -2.57. The van der Waals surface area contributed by atoms with Gasteiger partial charge in [0.2, 0.25) is 0 Å². The normalized spacial score (nSPS) is 17.8. The molecule has 2 heterocycles. The first-order valence-corrected chi connectivity index (χ1v) is 7.56. The molecule has 1 aromatic rings. The second kappa shape index (κ2) is 5.77. The van der Waals surface area contributed by atoms with Crippen molar-refractivity contribution in [1.29, 1.82) is 0 Å². The molecule has 19 heavy (non-hydrogen) atoms. The number of pyridine rings is 1. The predicted molar refractivity (Wildman–Crippen MR) is 83.6 cm³/mol. The van der Waals surface area contributed by atoms with Crippen LogP contribution in [-0.2, 0) is 0 Å². The zero-order chi connectivity index (χ0) is 14.0. The Hall–Kier alpha value is -0.650. The number of anilines is 1. The van der Waals surface area contributed by atoms with Gasteiger partial charge in [0.1, 0.15) is 5.82 Å². The van der Waals surface area contributed by atoms with Crippen molar-refractivity contribution in [3.63, 3.8) is 0 Å². The van der Waals surface area contributed by atoms with Gasteiger partial charge in [-0.2, -0.15) is 0 Å². The molecule has 1 aliphatic rings. The van der Waals surface area contributed by atoms with Crippen molar-refractivity contribution < 1.29 is 0 Å². The molecule has 0 unspecified atom stereocenters. The molecule has 0 radical (unpaired) electrons. The van der Waals surface area contributed by atoms with Crippen LogP contribution in [0.5, 0.6) is 0 Å². The van der Waals surface area contributed by atoms with Gasteiger partial charge in [0.25, 0.3) is 0 Å². The van der Waals surface area contributed by atoms with E-state index in [9.17, 15) is 0 Å². The van der Waals surface area contributed by atoms with E-state index in [0.717, 1.165) is 36.5 Å². The number of hydrogen-bond donors (Lipinski definition) is 1. The molecule has 0 aromatic carbocycles. The number of hydrogen-bond acceptors (Lipinski definition) is 4. The molecule has 0 amide bonds. The fraction of sp³-hybridized carbons (Fsp3) is 0.643. The minimum absolute atomic E-state index is 0.0867. The number of halogens is 1. The number of aryl methyl sites for hydroxylation is 1. The molecular formula is C14H23BrN4. The molecule has 1 aliphatic heterocycles. The molecule has 106 valence electrons. The Morgan fingerprint density at radius 2 is 1.95 bits per heavy atom. The van der Waals surface area contributed by atoms with Gasteiger partial charge in [-0.05, 0) is 48.3 Å². The van der Waals surface area contributed by atoms with Crippen LogP contribution in [0.1, 0.15) is 19.4 Å². The Morgan fingerprint density at radius 3 is 2.53 bits per heavy atom. The van der Waals surface area contributed by atoms with E-state index in [-0.39, 0.29) is 5.54 Å². The lowest BCUT2D eigenvalue weighted by molar-refractivity contribution is 0.119. The first kappa shape index (κ1) is 14.8. The summed E-state index contributed by atoms with van der Waals surface area (Å²) >= 11 is 3.65. The third-order valence-electron chi connectivity index (χ3n) is 4.00. The number of aromatic nitrogens is 1. The van der Waals surface area contributed by atoms with E-state index in [1.165, 1.54) is 5.56 Å². The number of piperazine rings is 1. The summed E-state index contributed by atoms with van der Waals surface area (Å²) < 4.78 is 1.11. The van der Waals surface area contributed by atoms with Crippen LogP contribution >= 0.6 is 15.9 Å². The standard InChI is InChI=1S/C14H23BrN4/c1-11-4-5-17-13(12(11)15)18-6-8-19(9-7-18)14(2,3)10-16/h4-5H,6-10,16H2,1-3H3. The lowest BCUT2D eigenvalue weighted by atomic mass is 10.0. The Bertz CT molecular complexity index is 439. The van der Waals surface area contributed by atoms with Crippen LogP contribution in [0, 0.1) is 6.92 Å². The molecule has 0 aliphatic carbocycles. The Labute approximate surface area is 124 Å². The van der Waals surface area contributed by atoms with Gasteiger partial charge in [0.15, 0.2) is 0 Å². The van der Waals surface area contributed by atoms with Gasteiger partial charge in [-0.3, -0.25) is 4.90 Å². The monoisotopic (exact) mass is 326 g/mol. The van der Waals surface area contributed by atoms with E-state index in [4.69, 9.17) is 5.73 Å². The topological polar surface area (TPSA) is 45.4 Å². The lowest BCUT2D eigenvalue weighted by Gasteiger charge is -2.44. The van der Waals surface area contributed by atoms with Crippen molar-refractivity contribution in [3.8, 4) is 0 Å². The highest BCUT2D eigenvalue weighted by atomic mass is 79.9. The van der Waals surface area contributed by atoms with Gasteiger partial charge in [0, 0.05) is 44.5 Å². The Balaban J connectivity index is 2.06. The summed E-state index contributed by atoms with van der Waals surface area (Å²) in [6, 6.07) is 2.03. The number of rotatable bonds is 3. The molecule has 4 nitrogen and oxygen atoms in total. The second-order valence-corrected chi connectivity index (χ2v) is 6.55. The summed E-state index contributed by atoms with van der Waals surface area (Å²) in [7, 11) is 0. The molecular weight excluding hydrogens is 304 g/mol. The van der Waals surface area contributed by atoms with E-state index in [1.807, 2.05) is 12.3 Å². The van der Waals surface area contributed by atoms with E-state index >= 15 is 0 Å². The minimum Gasteiger partial charge on any atom is -0.353 e. The largest absolute Gasteiger partial charge is 0.353 e. The van der Waals surface area contributed by atoms with E-state index < -0.39 is 0 Å². The van der Waals surface area contributed by atoms with Gasteiger partial charge >= 0.3 is 0 Å². The highest BCUT2D eigenvalue weighted by Gasteiger charge is 2.29. The molecule has 1 saturated heterocycles. The van der Waals surface area contributed by atoms with Crippen LogP contribution in [0.25, 0.3) is 0 Å². The highest BCUT2D eigenvalue weighted by molar-refractivity contribution is 9.10. The molecule has 0 spiro atoms. The second-order valence-electron chi connectivity index (χ2n) is 5.76. The summed E-state index contributed by atoms with van der Waals surface area (Å²) in [6.07, 6.45) is 1.88. The van der Waals surface area contributed by atoms with Gasteiger partial charge in [0.05, 0.1) is 4.47 Å². The summed E-state index contributed by atoms with van der Waals surface area (Å²) in [5, 5.41) is 0. The molecule has 0 atom stereocenters. The summed E-state index contributed by atoms with van der Waals surface area (Å²) in [4.78, 5) is 9.32. The zero-order valence-corrected chi connectivity index (χ0v) is 13.6. The third-order valence-corrected chi connectivity index (χ3v) is 4.98. The molecule has 0 bridgehead atoms. The molecule has 5 heteroatoms. The van der Waals surface area contributed by atoms with Crippen LogP contribution in [-0.4, -0.2) is 48.1 Å². The van der Waals surface area contributed by atoms with Crippen LogP contribution in [0.15, 0.2) is 16.7 Å². The van der Waals surface area contributed by atoms with Crippen LogP contribution < -0.4 is 10.6 Å². The quantitative estimate of drug-likeness (QED) is 0.922. The van der Waals surface area contributed by atoms with E-state index in [1.54, 1.807) is 0 Å². The van der Waals surface area contributed by atoms with Crippen molar-refractivity contribution in [2.24, 2.45) is 5.73 Å². The van der Waals surface area contributed by atoms with Crippen molar-refractivity contribution >= 4 is 21.7 Å². The Kier molecular flexibility index (Phi) is 4.48. The van der Waals surface area contributed by atoms with Crippen molar-refractivity contribution in [1.82, 2.24) is 9.88 Å². The maximum atomic E-state index is 5.85. The first-order chi connectivity index (χ1) is 8.95. The SMILES string of the molecule is Cc1ccnc(N2CCN(C(C)(C)CN)CC2)c1Br. The predicted octanol–water partition coefficient (Wildman–Crippen LogP) is 2.01. The zero-order valence-electron chi connectivity index (χ0n) is 12.0.